The summed E-state index contributed by atoms with van der Waals surface area (Å²) < 4.78 is 18.6. The molecule has 0 unspecified atom stereocenters. The van der Waals surface area contributed by atoms with E-state index < -0.39 is 5.91 Å². The van der Waals surface area contributed by atoms with Gasteiger partial charge in [0.1, 0.15) is 25.1 Å². The Balaban J connectivity index is 1.43. The number of hydrazone groups is 1. The molecule has 2 aromatic heterocycles. The highest BCUT2D eigenvalue weighted by atomic mass is 79.9. The van der Waals surface area contributed by atoms with Crippen molar-refractivity contribution in [2.75, 3.05) is 18.2 Å². The number of ether oxygens (including phenoxy) is 2. The molecule has 0 radical (unpaired) electrons. The third kappa shape index (κ3) is 4.14. The van der Waals surface area contributed by atoms with Crippen LogP contribution in [-0.4, -0.2) is 30.3 Å². The number of rotatable bonds is 4. The predicted octanol–water partition coefficient (Wildman–Crippen LogP) is 5.62. The Morgan fingerprint density at radius 2 is 1.89 bits per heavy atom. The highest BCUT2D eigenvalue weighted by Crippen LogP contribution is 2.34. The average Bonchev–Trinajstić information content (AvgIpc) is 3.32. The minimum atomic E-state index is -0.438. The summed E-state index contributed by atoms with van der Waals surface area (Å²) >= 11 is 4.77. The largest absolute Gasteiger partial charge is 0.486 e. The second kappa shape index (κ2) is 9.21. The van der Waals surface area contributed by atoms with E-state index in [2.05, 4.69) is 26.0 Å². The molecule has 1 aliphatic rings. The number of fused-ring (bicyclic) bond motifs is 3. The van der Waals surface area contributed by atoms with E-state index in [1.54, 1.807) is 42.5 Å². The zero-order valence-electron chi connectivity index (χ0n) is 18.5. The summed E-state index contributed by atoms with van der Waals surface area (Å²) in [4.78, 5) is 31.2. The Kier molecular flexibility index (Phi) is 5.74. The molecule has 0 aliphatic carbocycles. The monoisotopic (exact) mass is 561 g/mol. The van der Waals surface area contributed by atoms with Crippen molar-refractivity contribution in [3.05, 3.63) is 92.7 Å². The van der Waals surface area contributed by atoms with Crippen LogP contribution >= 0.6 is 27.3 Å². The molecule has 1 aliphatic heterocycles. The molecule has 10 heteroatoms. The highest BCUT2D eigenvalue weighted by molar-refractivity contribution is 9.10. The molecule has 0 atom stereocenters. The second-order valence-corrected chi connectivity index (χ2v) is 9.77. The summed E-state index contributed by atoms with van der Waals surface area (Å²) in [6, 6.07) is 17.6. The van der Waals surface area contributed by atoms with Gasteiger partial charge >= 0.3 is 0 Å². The van der Waals surface area contributed by atoms with Crippen LogP contribution in [0.15, 0.2) is 85.7 Å². The fourth-order valence-electron chi connectivity index (χ4n) is 3.77. The minimum Gasteiger partial charge on any atom is -0.486 e. The van der Waals surface area contributed by atoms with Crippen molar-refractivity contribution in [1.29, 1.82) is 0 Å². The molecule has 3 heterocycles. The number of halogens is 1. The van der Waals surface area contributed by atoms with Crippen molar-refractivity contribution < 1.29 is 18.7 Å². The molecule has 0 spiro atoms. The van der Waals surface area contributed by atoms with Crippen LogP contribution in [0, 0.1) is 0 Å². The van der Waals surface area contributed by atoms with E-state index in [1.165, 1.54) is 28.8 Å². The van der Waals surface area contributed by atoms with Crippen molar-refractivity contribution >= 4 is 65.7 Å². The van der Waals surface area contributed by atoms with Gasteiger partial charge in [0.05, 0.1) is 27.4 Å². The maximum absolute atomic E-state index is 13.7. The maximum atomic E-state index is 13.7. The molecule has 3 aromatic carbocycles. The normalized spacial score (nSPS) is 12.9. The SMILES string of the molecule is O=C(c1ccc2c(c1)OCCO2)N(/N=C/c1coc2ccccc2c1=O)c1nc2ccc(Br)cc2s1. The van der Waals surface area contributed by atoms with Crippen LogP contribution in [0.5, 0.6) is 11.5 Å². The van der Waals surface area contributed by atoms with E-state index in [-0.39, 0.29) is 11.0 Å². The molecule has 5 aromatic rings. The van der Waals surface area contributed by atoms with Gasteiger partial charge in [-0.05, 0) is 48.5 Å². The lowest BCUT2D eigenvalue weighted by atomic mass is 10.2. The summed E-state index contributed by atoms with van der Waals surface area (Å²) in [7, 11) is 0. The Morgan fingerprint density at radius 3 is 2.78 bits per heavy atom. The summed E-state index contributed by atoms with van der Waals surface area (Å²) in [5, 5.41) is 6.36. The number of carbonyl (C=O) groups excluding carboxylic acids is 1. The summed E-state index contributed by atoms with van der Waals surface area (Å²) in [5.41, 5.74) is 1.49. The van der Waals surface area contributed by atoms with Gasteiger partial charge in [-0.1, -0.05) is 39.4 Å². The maximum Gasteiger partial charge on any atom is 0.280 e. The fraction of sp³-hybridized carbons (Fsp3) is 0.0769. The molecule has 0 bridgehead atoms. The van der Waals surface area contributed by atoms with Crippen molar-refractivity contribution in [3.63, 3.8) is 0 Å². The number of hydrogen-bond acceptors (Lipinski definition) is 8. The molecule has 0 N–H and O–H groups in total. The molecule has 0 saturated carbocycles. The van der Waals surface area contributed by atoms with Crippen molar-refractivity contribution in [2.24, 2.45) is 5.10 Å². The van der Waals surface area contributed by atoms with Crippen LogP contribution in [0.1, 0.15) is 15.9 Å². The van der Waals surface area contributed by atoms with Gasteiger partial charge in [0.2, 0.25) is 10.6 Å². The van der Waals surface area contributed by atoms with E-state index in [0.29, 0.717) is 46.4 Å². The van der Waals surface area contributed by atoms with Gasteiger partial charge in [0.15, 0.2) is 11.5 Å². The Morgan fingerprint density at radius 1 is 1.06 bits per heavy atom. The Hall–Kier alpha value is -4.02. The van der Waals surface area contributed by atoms with Crippen LogP contribution in [0.4, 0.5) is 5.13 Å². The number of anilines is 1. The fourth-order valence-corrected chi connectivity index (χ4v) is 5.24. The standard InChI is InChI=1S/C26H16BrN3O5S/c27-17-6-7-19-23(12-17)36-26(29-19)30(25(32)15-5-8-21-22(11-15)34-10-9-33-21)28-13-16-14-35-20-4-2-1-3-18(20)24(16)31/h1-8,11-14H,9-10H2/b28-13+. The van der Waals surface area contributed by atoms with Crippen LogP contribution in [0.25, 0.3) is 21.2 Å². The number of benzene rings is 3. The number of nitrogens with zero attached hydrogens (tertiary/aromatic N) is 3. The predicted molar refractivity (Wildman–Crippen MR) is 142 cm³/mol. The molecule has 6 rings (SSSR count). The third-order valence-electron chi connectivity index (χ3n) is 5.52. The van der Waals surface area contributed by atoms with Crippen LogP contribution in [0.3, 0.4) is 0 Å². The Labute approximate surface area is 216 Å². The highest BCUT2D eigenvalue weighted by Gasteiger charge is 2.23. The zero-order chi connectivity index (χ0) is 24.6. The van der Waals surface area contributed by atoms with Crippen LogP contribution < -0.4 is 19.9 Å². The third-order valence-corrected chi connectivity index (χ3v) is 7.01. The second-order valence-electron chi connectivity index (χ2n) is 7.84. The minimum absolute atomic E-state index is 0.206. The number of carbonyl (C=O) groups is 1. The van der Waals surface area contributed by atoms with E-state index in [1.807, 2.05) is 18.2 Å². The lowest BCUT2D eigenvalue weighted by Crippen LogP contribution is -2.26. The van der Waals surface area contributed by atoms with E-state index in [0.717, 1.165) is 14.7 Å². The number of amides is 1. The van der Waals surface area contributed by atoms with Gasteiger partial charge in [-0.25, -0.2) is 4.98 Å². The van der Waals surface area contributed by atoms with Crippen LogP contribution in [0.2, 0.25) is 0 Å². The molecule has 0 saturated heterocycles. The molecule has 8 nitrogen and oxygen atoms in total. The Bertz CT molecular complexity index is 1730. The topological polar surface area (TPSA) is 94.2 Å². The lowest BCUT2D eigenvalue weighted by Gasteiger charge is -2.19. The van der Waals surface area contributed by atoms with Crippen molar-refractivity contribution in [1.82, 2.24) is 4.98 Å². The van der Waals surface area contributed by atoms with Crippen molar-refractivity contribution in [3.8, 4) is 11.5 Å². The van der Waals surface area contributed by atoms with Gasteiger partial charge in [-0.2, -0.15) is 10.1 Å². The number of hydrogen-bond donors (Lipinski definition) is 0. The molecular formula is C26H16BrN3O5S. The first kappa shape index (κ1) is 22.4. The number of aromatic nitrogens is 1. The average molecular weight is 562 g/mol. The summed E-state index contributed by atoms with van der Waals surface area (Å²) in [5.74, 6) is 0.623. The summed E-state index contributed by atoms with van der Waals surface area (Å²) in [6.07, 6.45) is 2.65. The van der Waals surface area contributed by atoms with Gasteiger partial charge in [-0.3, -0.25) is 9.59 Å². The molecule has 0 fully saturated rings. The van der Waals surface area contributed by atoms with Crippen LogP contribution in [-0.2, 0) is 0 Å². The molecule has 178 valence electrons. The lowest BCUT2D eigenvalue weighted by molar-refractivity contribution is 0.0986. The molecule has 1 amide bonds. The first-order valence-electron chi connectivity index (χ1n) is 10.9. The van der Waals surface area contributed by atoms with Gasteiger partial charge in [0, 0.05) is 10.0 Å². The van der Waals surface area contributed by atoms with Gasteiger partial charge < -0.3 is 13.9 Å². The number of thiazole rings is 1. The first-order valence-corrected chi connectivity index (χ1v) is 12.5. The van der Waals surface area contributed by atoms with E-state index in [4.69, 9.17) is 13.9 Å². The van der Waals surface area contributed by atoms with E-state index >= 15 is 0 Å². The van der Waals surface area contributed by atoms with Gasteiger partial charge in [0.25, 0.3) is 5.91 Å². The zero-order valence-corrected chi connectivity index (χ0v) is 20.9. The summed E-state index contributed by atoms with van der Waals surface area (Å²) in [6.45, 7) is 0.851. The quantitative estimate of drug-likeness (QED) is 0.209. The number of para-hydroxylation sites is 1. The first-order chi connectivity index (χ1) is 17.6. The molecule has 36 heavy (non-hydrogen) atoms. The smallest absolute Gasteiger partial charge is 0.280 e. The van der Waals surface area contributed by atoms with Crippen molar-refractivity contribution in [2.45, 2.75) is 0 Å². The van der Waals surface area contributed by atoms with E-state index in [9.17, 15) is 9.59 Å². The molecular weight excluding hydrogens is 546 g/mol. The van der Waals surface area contributed by atoms with Gasteiger partial charge in [-0.15, -0.1) is 0 Å².